The Morgan fingerprint density at radius 1 is 1.35 bits per heavy atom. The number of carbonyl (C=O) groups is 1. The predicted molar refractivity (Wildman–Crippen MR) is 62.5 cm³/mol. The molecule has 2 unspecified atom stereocenters. The van der Waals surface area contributed by atoms with Gasteiger partial charge in [0, 0.05) is 5.92 Å². The Morgan fingerprint density at radius 2 is 2.12 bits per heavy atom. The van der Waals surface area contributed by atoms with E-state index in [1.165, 1.54) is 0 Å². The van der Waals surface area contributed by atoms with Crippen molar-refractivity contribution in [3.8, 4) is 11.3 Å². The summed E-state index contributed by atoms with van der Waals surface area (Å²) < 4.78 is 0. The van der Waals surface area contributed by atoms with E-state index in [1.54, 1.807) is 6.20 Å². The molecule has 4 nitrogen and oxygen atoms in total. The number of imidazole rings is 1. The number of nitrogens with one attached hydrogen (secondary N) is 1. The van der Waals surface area contributed by atoms with Crippen molar-refractivity contribution in [3.05, 3.63) is 42.4 Å². The Labute approximate surface area is 98.3 Å². The van der Waals surface area contributed by atoms with E-state index in [1.807, 2.05) is 30.3 Å². The molecule has 3 rings (SSSR count). The van der Waals surface area contributed by atoms with Crippen molar-refractivity contribution in [2.24, 2.45) is 5.92 Å². The molecule has 2 aromatic rings. The first kappa shape index (κ1) is 10.1. The van der Waals surface area contributed by atoms with Gasteiger partial charge in [0.15, 0.2) is 0 Å². The van der Waals surface area contributed by atoms with E-state index in [4.69, 9.17) is 5.11 Å². The van der Waals surface area contributed by atoms with Gasteiger partial charge in [-0.3, -0.25) is 4.79 Å². The van der Waals surface area contributed by atoms with Crippen LogP contribution >= 0.6 is 0 Å². The third-order valence-corrected chi connectivity index (χ3v) is 3.14. The van der Waals surface area contributed by atoms with Crippen LogP contribution < -0.4 is 0 Å². The normalized spacial score (nSPS) is 22.4. The summed E-state index contributed by atoms with van der Waals surface area (Å²) in [5.41, 5.74) is 2.01. The lowest BCUT2D eigenvalue weighted by Gasteiger charge is -1.95. The zero-order valence-corrected chi connectivity index (χ0v) is 9.13. The lowest BCUT2D eigenvalue weighted by atomic mass is 10.2. The monoisotopic (exact) mass is 228 g/mol. The number of carboxylic acids is 1. The van der Waals surface area contributed by atoms with Crippen molar-refractivity contribution in [1.82, 2.24) is 9.97 Å². The van der Waals surface area contributed by atoms with Crippen LogP contribution in [0.5, 0.6) is 0 Å². The fourth-order valence-electron chi connectivity index (χ4n) is 2.06. The van der Waals surface area contributed by atoms with E-state index >= 15 is 0 Å². The first-order chi connectivity index (χ1) is 8.25. The highest BCUT2D eigenvalue weighted by atomic mass is 16.4. The van der Waals surface area contributed by atoms with Crippen LogP contribution in [0.15, 0.2) is 36.5 Å². The summed E-state index contributed by atoms with van der Waals surface area (Å²) >= 11 is 0. The summed E-state index contributed by atoms with van der Waals surface area (Å²) in [4.78, 5) is 18.3. The SMILES string of the molecule is O=C(O)C1CC1c1ncc(-c2ccccc2)[nH]1. The molecule has 0 bridgehead atoms. The second-order valence-electron chi connectivity index (χ2n) is 4.34. The fourth-order valence-corrected chi connectivity index (χ4v) is 2.06. The van der Waals surface area contributed by atoms with Gasteiger partial charge in [0.2, 0.25) is 0 Å². The molecule has 1 heterocycles. The smallest absolute Gasteiger partial charge is 0.307 e. The average molecular weight is 228 g/mol. The van der Waals surface area contributed by atoms with E-state index in [9.17, 15) is 4.79 Å². The molecule has 0 spiro atoms. The number of aromatic amines is 1. The van der Waals surface area contributed by atoms with Crippen molar-refractivity contribution >= 4 is 5.97 Å². The maximum atomic E-state index is 10.8. The van der Waals surface area contributed by atoms with Gasteiger partial charge in [-0.15, -0.1) is 0 Å². The molecule has 1 fully saturated rings. The Balaban J connectivity index is 1.83. The van der Waals surface area contributed by atoms with Gasteiger partial charge in [0.25, 0.3) is 0 Å². The summed E-state index contributed by atoms with van der Waals surface area (Å²) in [5.74, 6) is -0.140. The van der Waals surface area contributed by atoms with Crippen LogP contribution in [0.1, 0.15) is 18.2 Å². The molecule has 0 saturated heterocycles. The van der Waals surface area contributed by atoms with Crippen LogP contribution in [-0.2, 0) is 4.79 Å². The van der Waals surface area contributed by atoms with Crippen molar-refractivity contribution in [1.29, 1.82) is 0 Å². The molecular weight excluding hydrogens is 216 g/mol. The van der Waals surface area contributed by atoms with Crippen LogP contribution in [0.25, 0.3) is 11.3 Å². The van der Waals surface area contributed by atoms with Gasteiger partial charge >= 0.3 is 5.97 Å². The number of hydrogen-bond donors (Lipinski definition) is 2. The van der Waals surface area contributed by atoms with Crippen molar-refractivity contribution in [2.75, 3.05) is 0 Å². The molecule has 86 valence electrons. The quantitative estimate of drug-likeness (QED) is 0.846. The maximum absolute atomic E-state index is 10.8. The van der Waals surface area contributed by atoms with Crippen LogP contribution in [0.3, 0.4) is 0 Å². The van der Waals surface area contributed by atoms with E-state index in [0.717, 1.165) is 17.1 Å². The largest absolute Gasteiger partial charge is 0.481 e. The molecule has 1 aliphatic rings. The summed E-state index contributed by atoms with van der Waals surface area (Å²) in [7, 11) is 0. The topological polar surface area (TPSA) is 66.0 Å². The first-order valence-electron chi connectivity index (χ1n) is 5.59. The molecule has 2 N–H and O–H groups in total. The highest BCUT2D eigenvalue weighted by molar-refractivity contribution is 5.75. The Kier molecular flexibility index (Phi) is 2.21. The van der Waals surface area contributed by atoms with Gasteiger partial charge in [-0.05, 0) is 12.0 Å². The maximum Gasteiger partial charge on any atom is 0.307 e. The predicted octanol–water partition coefficient (Wildman–Crippen LogP) is 2.26. The second kappa shape index (κ2) is 3.73. The number of rotatable bonds is 3. The van der Waals surface area contributed by atoms with Gasteiger partial charge in [-0.1, -0.05) is 30.3 Å². The molecule has 1 aromatic carbocycles. The molecule has 2 atom stereocenters. The average Bonchev–Trinajstić information content (AvgIpc) is 3.01. The van der Waals surface area contributed by atoms with Crippen LogP contribution in [-0.4, -0.2) is 21.0 Å². The molecule has 1 aliphatic carbocycles. The summed E-state index contributed by atoms with van der Waals surface area (Å²) in [6, 6.07) is 9.89. The third kappa shape index (κ3) is 1.82. The first-order valence-corrected chi connectivity index (χ1v) is 5.59. The summed E-state index contributed by atoms with van der Waals surface area (Å²) in [5, 5.41) is 8.87. The van der Waals surface area contributed by atoms with E-state index in [2.05, 4.69) is 9.97 Å². The van der Waals surface area contributed by atoms with Gasteiger partial charge in [0.1, 0.15) is 5.82 Å². The van der Waals surface area contributed by atoms with E-state index < -0.39 is 5.97 Å². The number of nitrogens with zero attached hydrogens (tertiary/aromatic N) is 1. The van der Waals surface area contributed by atoms with Crippen LogP contribution in [0.2, 0.25) is 0 Å². The third-order valence-electron chi connectivity index (χ3n) is 3.14. The minimum absolute atomic E-state index is 0.0602. The standard InChI is InChI=1S/C13H12N2O2/c16-13(17)10-6-9(10)12-14-7-11(15-12)8-4-2-1-3-5-8/h1-5,7,9-10H,6H2,(H,14,15)(H,16,17). The number of aliphatic carboxylic acids is 1. The summed E-state index contributed by atoms with van der Waals surface area (Å²) in [6.07, 6.45) is 2.46. The van der Waals surface area contributed by atoms with Crippen molar-refractivity contribution in [2.45, 2.75) is 12.3 Å². The van der Waals surface area contributed by atoms with Gasteiger partial charge < -0.3 is 10.1 Å². The number of benzene rings is 1. The lowest BCUT2D eigenvalue weighted by molar-refractivity contribution is -0.138. The molecule has 0 aliphatic heterocycles. The fraction of sp³-hybridized carbons (Fsp3) is 0.231. The molecule has 0 amide bonds. The second-order valence-corrected chi connectivity index (χ2v) is 4.34. The molecule has 1 aromatic heterocycles. The Hall–Kier alpha value is -2.10. The zero-order valence-electron chi connectivity index (χ0n) is 9.13. The highest BCUT2D eigenvalue weighted by Crippen LogP contribution is 2.46. The summed E-state index contributed by atoms with van der Waals surface area (Å²) in [6.45, 7) is 0. The lowest BCUT2D eigenvalue weighted by Crippen LogP contribution is -1.99. The van der Waals surface area contributed by atoms with Gasteiger partial charge in [-0.2, -0.15) is 0 Å². The molecule has 17 heavy (non-hydrogen) atoms. The molecule has 4 heteroatoms. The van der Waals surface area contributed by atoms with Gasteiger partial charge in [0.05, 0.1) is 17.8 Å². The Bertz CT molecular complexity index is 548. The van der Waals surface area contributed by atoms with Crippen molar-refractivity contribution in [3.63, 3.8) is 0 Å². The zero-order chi connectivity index (χ0) is 11.8. The van der Waals surface area contributed by atoms with Crippen molar-refractivity contribution < 1.29 is 9.90 Å². The number of hydrogen-bond acceptors (Lipinski definition) is 2. The molecule has 0 radical (unpaired) electrons. The minimum Gasteiger partial charge on any atom is -0.481 e. The minimum atomic E-state index is -0.729. The number of aromatic nitrogens is 2. The van der Waals surface area contributed by atoms with Gasteiger partial charge in [-0.25, -0.2) is 4.98 Å². The molecule has 1 saturated carbocycles. The highest BCUT2D eigenvalue weighted by Gasteiger charge is 2.46. The van der Waals surface area contributed by atoms with Crippen LogP contribution in [0, 0.1) is 5.92 Å². The van der Waals surface area contributed by atoms with Crippen LogP contribution in [0.4, 0.5) is 0 Å². The molecular formula is C13H12N2O2. The number of H-pyrrole nitrogens is 1. The Morgan fingerprint density at radius 3 is 2.76 bits per heavy atom. The van der Waals surface area contributed by atoms with E-state index in [-0.39, 0.29) is 11.8 Å². The van der Waals surface area contributed by atoms with E-state index in [0.29, 0.717) is 6.42 Å². The number of carboxylic acid groups (broad SMARTS) is 1.